The smallest absolute Gasteiger partial charge is 0.237 e. The molecule has 0 unspecified atom stereocenters. The third-order valence-corrected chi connectivity index (χ3v) is 6.37. The van der Waals surface area contributed by atoms with Crippen LogP contribution in [0, 0.1) is 5.92 Å². The molecule has 2 fully saturated rings. The molecule has 5 heterocycles. The van der Waals surface area contributed by atoms with Crippen LogP contribution in [-0.2, 0) is 22.6 Å². The standard InChI is InChI=1S/C21H25N5O3/c1-2-17-15(8-14-10-23-11-19(27)26(14)17)21(28)25-7-5-18-16(12-25)24-20(29-18)13-4-3-6-22-9-13/h3-4,6,9,14-15,17,23H,2,5,7-8,10-12H2,1H3/t14-,15-,17-/m1/s1. The number of nitrogens with one attached hydrogen (secondary N) is 1. The van der Waals surface area contributed by atoms with Gasteiger partial charge in [-0.2, -0.15) is 0 Å². The van der Waals surface area contributed by atoms with Gasteiger partial charge in [-0.25, -0.2) is 4.98 Å². The zero-order valence-corrected chi connectivity index (χ0v) is 16.5. The van der Waals surface area contributed by atoms with Gasteiger partial charge in [0.15, 0.2) is 0 Å². The van der Waals surface area contributed by atoms with Gasteiger partial charge in [0, 0.05) is 44.0 Å². The zero-order valence-electron chi connectivity index (χ0n) is 16.5. The maximum Gasteiger partial charge on any atom is 0.237 e. The average Bonchev–Trinajstić information content (AvgIpc) is 3.35. The molecule has 0 saturated carbocycles. The van der Waals surface area contributed by atoms with Crippen LogP contribution in [0.2, 0.25) is 0 Å². The quantitative estimate of drug-likeness (QED) is 0.840. The Morgan fingerprint density at radius 3 is 3.10 bits per heavy atom. The third-order valence-electron chi connectivity index (χ3n) is 6.37. The number of aromatic nitrogens is 2. The van der Waals surface area contributed by atoms with Crippen molar-refractivity contribution in [2.75, 3.05) is 19.6 Å². The van der Waals surface area contributed by atoms with Crippen molar-refractivity contribution in [1.29, 1.82) is 0 Å². The van der Waals surface area contributed by atoms with Gasteiger partial charge in [-0.3, -0.25) is 14.6 Å². The summed E-state index contributed by atoms with van der Waals surface area (Å²) in [5.41, 5.74) is 1.66. The molecule has 8 heteroatoms. The molecule has 0 aromatic carbocycles. The molecule has 2 aromatic rings. The van der Waals surface area contributed by atoms with Gasteiger partial charge in [-0.1, -0.05) is 6.92 Å². The Balaban J connectivity index is 1.34. The molecule has 0 radical (unpaired) electrons. The van der Waals surface area contributed by atoms with E-state index in [4.69, 9.17) is 4.42 Å². The highest BCUT2D eigenvalue weighted by Gasteiger charge is 2.48. The van der Waals surface area contributed by atoms with Gasteiger partial charge in [0.2, 0.25) is 17.7 Å². The first-order valence-corrected chi connectivity index (χ1v) is 10.4. The molecule has 2 amide bonds. The SMILES string of the molecule is CC[C@@H]1[C@H](C(=O)N2CCc3oc(-c4cccnc4)nc3C2)C[C@@H]2CNCC(=O)N21. The van der Waals surface area contributed by atoms with Crippen LogP contribution in [0.15, 0.2) is 28.9 Å². The van der Waals surface area contributed by atoms with Crippen LogP contribution in [0.25, 0.3) is 11.5 Å². The lowest BCUT2D eigenvalue weighted by atomic mass is 9.94. The van der Waals surface area contributed by atoms with E-state index in [0.717, 1.165) is 36.4 Å². The summed E-state index contributed by atoms with van der Waals surface area (Å²) < 4.78 is 5.93. The fourth-order valence-corrected chi connectivity index (χ4v) is 5.02. The highest BCUT2D eigenvalue weighted by molar-refractivity contribution is 5.85. The average molecular weight is 395 g/mol. The van der Waals surface area contributed by atoms with Crippen molar-refractivity contribution in [3.05, 3.63) is 36.0 Å². The Kier molecular flexibility index (Phi) is 4.58. The van der Waals surface area contributed by atoms with Crippen LogP contribution < -0.4 is 5.32 Å². The molecule has 5 rings (SSSR count). The number of piperazine rings is 1. The van der Waals surface area contributed by atoms with E-state index in [2.05, 4.69) is 22.2 Å². The largest absolute Gasteiger partial charge is 0.441 e. The topological polar surface area (TPSA) is 91.6 Å². The number of nitrogens with zero attached hydrogens (tertiary/aromatic N) is 4. The number of carbonyl (C=O) groups is 2. The normalized spacial score (nSPS) is 26.4. The number of hydrogen-bond donors (Lipinski definition) is 1. The Hall–Kier alpha value is -2.74. The van der Waals surface area contributed by atoms with Gasteiger partial charge in [0.05, 0.1) is 24.6 Å². The minimum Gasteiger partial charge on any atom is -0.441 e. The lowest BCUT2D eigenvalue weighted by molar-refractivity contribution is -0.139. The Labute approximate surface area is 169 Å². The van der Waals surface area contributed by atoms with Crippen LogP contribution in [0.3, 0.4) is 0 Å². The predicted molar refractivity (Wildman–Crippen MR) is 105 cm³/mol. The number of oxazole rings is 1. The maximum atomic E-state index is 13.4. The van der Waals surface area contributed by atoms with Gasteiger partial charge >= 0.3 is 0 Å². The summed E-state index contributed by atoms with van der Waals surface area (Å²) >= 11 is 0. The summed E-state index contributed by atoms with van der Waals surface area (Å²) in [5, 5.41) is 3.18. The summed E-state index contributed by atoms with van der Waals surface area (Å²) in [6.45, 7) is 4.29. The number of carbonyl (C=O) groups excluding carboxylic acids is 2. The molecule has 0 bridgehead atoms. The third kappa shape index (κ3) is 3.11. The van der Waals surface area contributed by atoms with E-state index in [1.807, 2.05) is 21.9 Å². The first kappa shape index (κ1) is 18.3. The number of pyridine rings is 1. The number of amides is 2. The van der Waals surface area contributed by atoms with Crippen LogP contribution in [0.5, 0.6) is 0 Å². The fraction of sp³-hybridized carbons (Fsp3) is 0.524. The maximum absolute atomic E-state index is 13.4. The van der Waals surface area contributed by atoms with E-state index in [1.54, 1.807) is 12.4 Å². The van der Waals surface area contributed by atoms with E-state index in [-0.39, 0.29) is 29.8 Å². The first-order chi connectivity index (χ1) is 14.2. The van der Waals surface area contributed by atoms with Crippen molar-refractivity contribution in [3.8, 4) is 11.5 Å². The van der Waals surface area contributed by atoms with Crippen molar-refractivity contribution in [1.82, 2.24) is 25.1 Å². The van der Waals surface area contributed by atoms with Crippen molar-refractivity contribution in [2.24, 2.45) is 5.92 Å². The molecule has 29 heavy (non-hydrogen) atoms. The summed E-state index contributed by atoms with van der Waals surface area (Å²) in [5.74, 6) is 1.51. The molecule has 2 aromatic heterocycles. The van der Waals surface area contributed by atoms with E-state index in [0.29, 0.717) is 31.9 Å². The lowest BCUT2D eigenvalue weighted by Crippen LogP contribution is -2.55. The molecule has 3 aliphatic heterocycles. The minimum absolute atomic E-state index is 0.00763. The Morgan fingerprint density at radius 2 is 2.31 bits per heavy atom. The molecule has 3 atom stereocenters. The van der Waals surface area contributed by atoms with Gasteiger partial charge in [0.25, 0.3) is 0 Å². The predicted octanol–water partition coefficient (Wildman–Crippen LogP) is 1.22. The highest BCUT2D eigenvalue weighted by atomic mass is 16.4. The van der Waals surface area contributed by atoms with E-state index in [9.17, 15) is 9.59 Å². The second-order valence-electron chi connectivity index (χ2n) is 8.04. The summed E-state index contributed by atoms with van der Waals surface area (Å²) in [7, 11) is 0. The van der Waals surface area contributed by atoms with Gasteiger partial charge in [0.1, 0.15) is 11.5 Å². The molecule has 8 nitrogen and oxygen atoms in total. The molecule has 1 N–H and O–H groups in total. The van der Waals surface area contributed by atoms with Crippen molar-refractivity contribution in [3.63, 3.8) is 0 Å². The number of rotatable bonds is 3. The van der Waals surface area contributed by atoms with E-state index >= 15 is 0 Å². The molecular formula is C21H25N5O3. The van der Waals surface area contributed by atoms with Crippen LogP contribution >= 0.6 is 0 Å². The molecule has 2 saturated heterocycles. The number of hydrogen-bond acceptors (Lipinski definition) is 6. The molecule has 3 aliphatic rings. The monoisotopic (exact) mass is 395 g/mol. The second-order valence-corrected chi connectivity index (χ2v) is 8.04. The van der Waals surface area contributed by atoms with Crippen LogP contribution in [0.1, 0.15) is 31.2 Å². The molecule has 152 valence electrons. The zero-order chi connectivity index (χ0) is 20.0. The van der Waals surface area contributed by atoms with E-state index in [1.165, 1.54) is 0 Å². The first-order valence-electron chi connectivity index (χ1n) is 10.4. The Bertz CT molecular complexity index is 928. The second kappa shape index (κ2) is 7.26. The van der Waals surface area contributed by atoms with Crippen molar-refractivity contribution >= 4 is 11.8 Å². The van der Waals surface area contributed by atoms with Crippen molar-refractivity contribution < 1.29 is 14.0 Å². The highest BCUT2D eigenvalue weighted by Crippen LogP contribution is 2.35. The number of fused-ring (bicyclic) bond motifs is 2. The van der Waals surface area contributed by atoms with Crippen molar-refractivity contribution in [2.45, 2.75) is 44.8 Å². The van der Waals surface area contributed by atoms with Gasteiger partial charge in [-0.15, -0.1) is 0 Å². The van der Waals surface area contributed by atoms with Gasteiger partial charge in [-0.05, 0) is 25.0 Å². The summed E-state index contributed by atoms with van der Waals surface area (Å²) in [6.07, 6.45) is 5.63. The summed E-state index contributed by atoms with van der Waals surface area (Å²) in [6, 6.07) is 3.88. The fourth-order valence-electron chi connectivity index (χ4n) is 5.02. The molecule has 0 aliphatic carbocycles. The van der Waals surface area contributed by atoms with Crippen LogP contribution in [0.4, 0.5) is 0 Å². The van der Waals surface area contributed by atoms with Crippen LogP contribution in [-0.4, -0.2) is 63.3 Å². The minimum atomic E-state index is -0.139. The van der Waals surface area contributed by atoms with E-state index < -0.39 is 0 Å². The lowest BCUT2D eigenvalue weighted by Gasteiger charge is -2.35. The Morgan fingerprint density at radius 1 is 1.41 bits per heavy atom. The van der Waals surface area contributed by atoms with Gasteiger partial charge < -0.3 is 19.5 Å². The molecule has 0 spiro atoms. The summed E-state index contributed by atoms with van der Waals surface area (Å²) in [4.78, 5) is 38.4. The molecular weight excluding hydrogens is 370 g/mol.